The average Bonchev–Trinajstić information content (AvgIpc) is 2.32. The van der Waals surface area contributed by atoms with Crippen molar-refractivity contribution in [3.63, 3.8) is 0 Å². The van der Waals surface area contributed by atoms with Crippen LogP contribution >= 0.6 is 11.6 Å². The van der Waals surface area contributed by atoms with E-state index in [4.69, 9.17) is 11.6 Å². The molecule has 1 aromatic rings. The van der Waals surface area contributed by atoms with Crippen LogP contribution in [-0.4, -0.2) is 17.1 Å². The molecule has 1 rings (SSSR count). The maximum Gasteiger partial charge on any atom is 0.253 e. The molecule has 1 unspecified atom stereocenters. The quantitative estimate of drug-likeness (QED) is 0.773. The first-order valence-electron chi connectivity index (χ1n) is 6.34. The third-order valence-electron chi connectivity index (χ3n) is 2.81. The number of phenols is 1. The van der Waals surface area contributed by atoms with Crippen molar-refractivity contribution in [2.75, 3.05) is 0 Å². The summed E-state index contributed by atoms with van der Waals surface area (Å²) < 4.78 is 0. The van der Waals surface area contributed by atoms with Crippen LogP contribution in [0.5, 0.6) is 5.75 Å². The highest BCUT2D eigenvalue weighted by Gasteiger charge is 2.13. The average molecular weight is 270 g/mol. The Morgan fingerprint density at radius 1 is 1.44 bits per heavy atom. The number of rotatable bonds is 6. The molecule has 0 aromatic heterocycles. The second-order valence-electron chi connectivity index (χ2n) is 4.53. The Morgan fingerprint density at radius 2 is 2.17 bits per heavy atom. The summed E-state index contributed by atoms with van der Waals surface area (Å²) in [7, 11) is 0. The third-order valence-corrected chi connectivity index (χ3v) is 3.14. The zero-order valence-corrected chi connectivity index (χ0v) is 11.6. The molecule has 18 heavy (non-hydrogen) atoms. The van der Waals surface area contributed by atoms with Crippen molar-refractivity contribution in [1.82, 2.24) is 5.32 Å². The molecule has 0 aliphatic rings. The molecule has 3 nitrogen and oxygen atoms in total. The smallest absolute Gasteiger partial charge is 0.253 e. The minimum absolute atomic E-state index is 0.0446. The first-order chi connectivity index (χ1) is 8.54. The Bertz CT molecular complexity index is 407. The standard InChI is InChI=1S/C14H20ClNO2/c1-3-4-5-6-10(2)16-14(18)12-9-11(17)7-8-13(12)15/h7-10,17H,3-6H2,1-2H3,(H,16,18). The molecular weight excluding hydrogens is 250 g/mol. The van der Waals surface area contributed by atoms with Gasteiger partial charge in [0.15, 0.2) is 0 Å². The molecule has 0 aliphatic heterocycles. The maximum absolute atomic E-state index is 12.0. The fraction of sp³-hybridized carbons (Fsp3) is 0.500. The van der Waals surface area contributed by atoms with Gasteiger partial charge >= 0.3 is 0 Å². The van der Waals surface area contributed by atoms with E-state index in [1.807, 2.05) is 6.92 Å². The van der Waals surface area contributed by atoms with E-state index in [0.717, 1.165) is 12.8 Å². The number of aromatic hydroxyl groups is 1. The van der Waals surface area contributed by atoms with Crippen LogP contribution in [0.2, 0.25) is 5.02 Å². The number of hydrogen-bond acceptors (Lipinski definition) is 2. The SMILES string of the molecule is CCCCCC(C)NC(=O)c1cc(O)ccc1Cl. The van der Waals surface area contributed by atoms with Gasteiger partial charge in [-0.25, -0.2) is 0 Å². The van der Waals surface area contributed by atoms with Crippen LogP contribution < -0.4 is 5.32 Å². The van der Waals surface area contributed by atoms with Gasteiger partial charge < -0.3 is 10.4 Å². The highest BCUT2D eigenvalue weighted by Crippen LogP contribution is 2.21. The van der Waals surface area contributed by atoms with Gasteiger partial charge in [0, 0.05) is 6.04 Å². The summed E-state index contributed by atoms with van der Waals surface area (Å²) in [6, 6.07) is 4.48. The van der Waals surface area contributed by atoms with Crippen molar-refractivity contribution in [2.24, 2.45) is 0 Å². The lowest BCUT2D eigenvalue weighted by Gasteiger charge is -2.14. The zero-order chi connectivity index (χ0) is 13.5. The Kier molecular flexibility index (Phi) is 5.99. The van der Waals surface area contributed by atoms with Gasteiger partial charge in [-0.05, 0) is 31.5 Å². The molecule has 0 bridgehead atoms. The van der Waals surface area contributed by atoms with Crippen molar-refractivity contribution in [3.8, 4) is 5.75 Å². The molecule has 2 N–H and O–H groups in total. The van der Waals surface area contributed by atoms with Crippen molar-refractivity contribution >= 4 is 17.5 Å². The number of unbranched alkanes of at least 4 members (excludes halogenated alkanes) is 2. The lowest BCUT2D eigenvalue weighted by Crippen LogP contribution is -2.32. The molecule has 1 aromatic carbocycles. The predicted octanol–water partition coefficient (Wildman–Crippen LogP) is 3.74. The number of carbonyl (C=O) groups excluding carboxylic acids is 1. The van der Waals surface area contributed by atoms with Gasteiger partial charge in [-0.2, -0.15) is 0 Å². The molecule has 0 aliphatic carbocycles. The Morgan fingerprint density at radius 3 is 2.83 bits per heavy atom. The van der Waals surface area contributed by atoms with E-state index in [2.05, 4.69) is 12.2 Å². The van der Waals surface area contributed by atoms with E-state index in [0.29, 0.717) is 10.6 Å². The van der Waals surface area contributed by atoms with Crippen LogP contribution in [0.3, 0.4) is 0 Å². The van der Waals surface area contributed by atoms with E-state index in [1.165, 1.54) is 31.0 Å². The van der Waals surface area contributed by atoms with Gasteiger partial charge in [0.1, 0.15) is 5.75 Å². The predicted molar refractivity (Wildman–Crippen MR) is 74.2 cm³/mol. The molecule has 0 saturated carbocycles. The van der Waals surface area contributed by atoms with Crippen LogP contribution in [0.15, 0.2) is 18.2 Å². The third kappa shape index (κ3) is 4.57. The molecule has 0 fully saturated rings. The first-order valence-corrected chi connectivity index (χ1v) is 6.71. The molecule has 100 valence electrons. The molecule has 0 heterocycles. The monoisotopic (exact) mass is 269 g/mol. The number of hydrogen-bond donors (Lipinski definition) is 2. The second kappa shape index (κ2) is 7.27. The van der Waals surface area contributed by atoms with Crippen molar-refractivity contribution in [1.29, 1.82) is 0 Å². The molecule has 0 spiro atoms. The summed E-state index contributed by atoms with van der Waals surface area (Å²) in [5.41, 5.74) is 0.319. The highest BCUT2D eigenvalue weighted by molar-refractivity contribution is 6.33. The van der Waals surface area contributed by atoms with Crippen molar-refractivity contribution < 1.29 is 9.90 Å². The number of carbonyl (C=O) groups is 1. The van der Waals surface area contributed by atoms with Gasteiger partial charge in [0.05, 0.1) is 10.6 Å². The Balaban J connectivity index is 2.56. The Labute approximate surface area is 113 Å². The number of phenolic OH excluding ortho intramolecular Hbond substituents is 1. The van der Waals surface area contributed by atoms with Crippen LogP contribution in [-0.2, 0) is 0 Å². The minimum atomic E-state index is -0.236. The topological polar surface area (TPSA) is 49.3 Å². The maximum atomic E-state index is 12.0. The zero-order valence-electron chi connectivity index (χ0n) is 10.9. The fourth-order valence-corrected chi connectivity index (χ4v) is 1.96. The first kappa shape index (κ1) is 14.8. The lowest BCUT2D eigenvalue weighted by atomic mass is 10.1. The van der Waals surface area contributed by atoms with Gasteiger partial charge in [0.25, 0.3) is 5.91 Å². The summed E-state index contributed by atoms with van der Waals surface area (Å²) in [5.74, 6) is -0.192. The van der Waals surface area contributed by atoms with E-state index in [1.54, 1.807) is 0 Å². The van der Waals surface area contributed by atoms with Gasteiger partial charge in [-0.15, -0.1) is 0 Å². The molecular formula is C14H20ClNO2. The normalized spacial score (nSPS) is 12.2. The highest BCUT2D eigenvalue weighted by atomic mass is 35.5. The second-order valence-corrected chi connectivity index (χ2v) is 4.94. The van der Waals surface area contributed by atoms with Crippen LogP contribution in [0.4, 0.5) is 0 Å². The summed E-state index contributed by atoms with van der Waals surface area (Å²) >= 11 is 5.93. The van der Waals surface area contributed by atoms with E-state index in [-0.39, 0.29) is 17.7 Å². The summed E-state index contributed by atoms with van der Waals surface area (Å²) in [6.45, 7) is 4.13. The minimum Gasteiger partial charge on any atom is -0.508 e. The summed E-state index contributed by atoms with van der Waals surface area (Å²) in [5, 5.41) is 12.6. The Hall–Kier alpha value is -1.22. The number of nitrogens with one attached hydrogen (secondary N) is 1. The molecule has 0 saturated heterocycles. The van der Waals surface area contributed by atoms with Crippen molar-refractivity contribution in [3.05, 3.63) is 28.8 Å². The summed E-state index contributed by atoms with van der Waals surface area (Å²) in [4.78, 5) is 12.0. The number of halogens is 1. The summed E-state index contributed by atoms with van der Waals surface area (Å²) in [6.07, 6.45) is 4.40. The fourth-order valence-electron chi connectivity index (χ4n) is 1.76. The van der Waals surface area contributed by atoms with Crippen molar-refractivity contribution in [2.45, 2.75) is 45.6 Å². The van der Waals surface area contributed by atoms with E-state index < -0.39 is 0 Å². The largest absolute Gasteiger partial charge is 0.508 e. The van der Waals surface area contributed by atoms with Gasteiger partial charge in [-0.3, -0.25) is 4.79 Å². The van der Waals surface area contributed by atoms with Gasteiger partial charge in [0.2, 0.25) is 0 Å². The molecule has 0 radical (unpaired) electrons. The van der Waals surface area contributed by atoms with Gasteiger partial charge in [-0.1, -0.05) is 37.8 Å². The lowest BCUT2D eigenvalue weighted by molar-refractivity contribution is 0.0937. The molecule has 4 heteroatoms. The van der Waals surface area contributed by atoms with E-state index in [9.17, 15) is 9.90 Å². The molecule has 1 amide bonds. The van der Waals surface area contributed by atoms with Crippen LogP contribution in [0.1, 0.15) is 49.9 Å². The molecule has 1 atom stereocenters. The van der Waals surface area contributed by atoms with E-state index >= 15 is 0 Å². The van der Waals surface area contributed by atoms with Crippen LogP contribution in [0.25, 0.3) is 0 Å². The van der Waals surface area contributed by atoms with Crippen LogP contribution in [0, 0.1) is 0 Å². The number of amides is 1. The number of benzene rings is 1.